The highest BCUT2D eigenvalue weighted by molar-refractivity contribution is 7.25. The van der Waals surface area contributed by atoms with Gasteiger partial charge in [0.1, 0.15) is 11.2 Å². The van der Waals surface area contributed by atoms with Gasteiger partial charge in [0.15, 0.2) is 0 Å². The van der Waals surface area contributed by atoms with Crippen LogP contribution in [-0.2, 0) is 0 Å². The topological polar surface area (TPSA) is 16.4 Å². The molecule has 2 aromatic heterocycles. The molecule has 0 saturated heterocycles. The predicted molar refractivity (Wildman–Crippen MR) is 210 cm³/mol. The third-order valence-electron chi connectivity index (χ3n) is 9.65. The SMILES string of the molecule is c1ccc(-c2ccc(N(c3cccc(-c4cccc5oc6c7ccccc7ccc6c45)c3)c3ccc4sc5ccccc5c4c3)cc2)cc1. The summed E-state index contributed by atoms with van der Waals surface area (Å²) in [4.78, 5) is 2.38. The molecule has 0 aliphatic heterocycles. The normalized spacial score (nSPS) is 11.7. The van der Waals surface area contributed by atoms with Crippen molar-refractivity contribution in [2.75, 3.05) is 4.90 Å². The molecule has 0 saturated carbocycles. The molecule has 0 spiro atoms. The van der Waals surface area contributed by atoms with Crippen molar-refractivity contribution in [3.05, 3.63) is 176 Å². The van der Waals surface area contributed by atoms with Crippen molar-refractivity contribution in [1.29, 1.82) is 0 Å². The van der Waals surface area contributed by atoms with Crippen LogP contribution in [0.5, 0.6) is 0 Å². The zero-order valence-corrected chi connectivity index (χ0v) is 27.3. The van der Waals surface area contributed by atoms with Crippen LogP contribution in [0.2, 0.25) is 0 Å². The zero-order valence-electron chi connectivity index (χ0n) is 26.5. The van der Waals surface area contributed by atoms with Gasteiger partial charge in [-0.05, 0) is 88.3 Å². The Kier molecular flexibility index (Phi) is 6.39. The molecular formula is C46H29NOS. The fraction of sp³-hybridized carbons (Fsp3) is 0. The molecule has 49 heavy (non-hydrogen) atoms. The molecule has 0 atom stereocenters. The third kappa shape index (κ3) is 4.62. The number of hydrogen-bond donors (Lipinski definition) is 0. The van der Waals surface area contributed by atoms with E-state index in [1.165, 1.54) is 36.7 Å². The first-order chi connectivity index (χ1) is 24.3. The Hall–Kier alpha value is -6.16. The van der Waals surface area contributed by atoms with Gasteiger partial charge in [0.05, 0.1) is 0 Å². The molecule has 0 aliphatic rings. The Morgan fingerprint density at radius 1 is 0.408 bits per heavy atom. The van der Waals surface area contributed by atoms with Crippen molar-refractivity contribution in [3.63, 3.8) is 0 Å². The van der Waals surface area contributed by atoms with E-state index >= 15 is 0 Å². The summed E-state index contributed by atoms with van der Waals surface area (Å²) in [6, 6.07) is 63.2. The van der Waals surface area contributed by atoms with E-state index < -0.39 is 0 Å². The zero-order chi connectivity index (χ0) is 32.3. The third-order valence-corrected chi connectivity index (χ3v) is 10.8. The minimum Gasteiger partial charge on any atom is -0.455 e. The molecule has 2 heterocycles. The summed E-state index contributed by atoms with van der Waals surface area (Å²) in [5.41, 5.74) is 9.88. The van der Waals surface area contributed by atoms with Gasteiger partial charge < -0.3 is 9.32 Å². The minimum absolute atomic E-state index is 0.900. The average molecular weight is 644 g/mol. The van der Waals surface area contributed by atoms with Crippen LogP contribution < -0.4 is 4.90 Å². The molecule has 10 rings (SSSR count). The van der Waals surface area contributed by atoms with Crippen LogP contribution in [0.3, 0.4) is 0 Å². The summed E-state index contributed by atoms with van der Waals surface area (Å²) >= 11 is 1.85. The number of fused-ring (bicyclic) bond motifs is 8. The first-order valence-electron chi connectivity index (χ1n) is 16.6. The monoisotopic (exact) mass is 643 g/mol. The summed E-state index contributed by atoms with van der Waals surface area (Å²) in [7, 11) is 0. The number of furan rings is 1. The Bertz CT molecular complexity index is 2830. The number of thiophene rings is 1. The van der Waals surface area contributed by atoms with Crippen LogP contribution >= 0.6 is 11.3 Å². The number of hydrogen-bond acceptors (Lipinski definition) is 3. The van der Waals surface area contributed by atoms with Gasteiger partial charge in [-0.3, -0.25) is 0 Å². The van der Waals surface area contributed by atoms with Gasteiger partial charge in [0.2, 0.25) is 0 Å². The lowest BCUT2D eigenvalue weighted by Gasteiger charge is -2.26. The largest absolute Gasteiger partial charge is 0.455 e. The van der Waals surface area contributed by atoms with Gasteiger partial charge >= 0.3 is 0 Å². The lowest BCUT2D eigenvalue weighted by molar-refractivity contribution is 0.673. The fourth-order valence-corrected chi connectivity index (χ4v) is 8.43. The molecule has 230 valence electrons. The van der Waals surface area contributed by atoms with Crippen LogP contribution in [0.25, 0.3) is 75.1 Å². The number of rotatable bonds is 5. The summed E-state index contributed by atoms with van der Waals surface area (Å²) < 4.78 is 9.16. The molecule has 10 aromatic rings. The Morgan fingerprint density at radius 2 is 1.10 bits per heavy atom. The summed E-state index contributed by atoms with van der Waals surface area (Å²) in [6.07, 6.45) is 0. The van der Waals surface area contributed by atoms with E-state index in [9.17, 15) is 0 Å². The van der Waals surface area contributed by atoms with Crippen LogP contribution in [0.4, 0.5) is 17.1 Å². The second-order valence-electron chi connectivity index (χ2n) is 12.5. The van der Waals surface area contributed by atoms with E-state index in [0.29, 0.717) is 0 Å². The first kappa shape index (κ1) is 27.9. The van der Waals surface area contributed by atoms with Crippen molar-refractivity contribution in [1.82, 2.24) is 0 Å². The van der Waals surface area contributed by atoms with Crippen LogP contribution in [0, 0.1) is 0 Å². The maximum absolute atomic E-state index is 6.55. The number of anilines is 3. The summed E-state index contributed by atoms with van der Waals surface area (Å²) in [5.74, 6) is 0. The summed E-state index contributed by atoms with van der Waals surface area (Å²) in [5, 5.41) is 7.17. The van der Waals surface area contributed by atoms with Crippen molar-refractivity contribution >= 4 is 81.3 Å². The Morgan fingerprint density at radius 3 is 2.00 bits per heavy atom. The maximum Gasteiger partial charge on any atom is 0.143 e. The van der Waals surface area contributed by atoms with E-state index in [4.69, 9.17) is 4.42 Å². The lowest BCUT2D eigenvalue weighted by Crippen LogP contribution is -2.10. The number of nitrogens with zero attached hydrogens (tertiary/aromatic N) is 1. The first-order valence-corrected chi connectivity index (χ1v) is 17.4. The smallest absolute Gasteiger partial charge is 0.143 e. The van der Waals surface area contributed by atoms with E-state index in [-0.39, 0.29) is 0 Å². The molecule has 0 fully saturated rings. The van der Waals surface area contributed by atoms with Gasteiger partial charge in [0.25, 0.3) is 0 Å². The number of benzene rings is 8. The standard InChI is InChI=1S/C46H29NOS/c1-2-10-30(11-3-1)31-20-23-34(24-21-31)47(36-25-27-44-41(29-36)39-16-6-7-19-43(39)49-44)35-14-8-13-33(28-35)37-17-9-18-42-45(37)40-26-22-32-12-4-5-15-38(32)46(40)48-42/h1-29H. The lowest BCUT2D eigenvalue weighted by atomic mass is 9.97. The van der Waals surface area contributed by atoms with Gasteiger partial charge in [0, 0.05) is 53.4 Å². The van der Waals surface area contributed by atoms with Gasteiger partial charge in [-0.15, -0.1) is 11.3 Å². The van der Waals surface area contributed by atoms with Gasteiger partial charge in [-0.2, -0.15) is 0 Å². The van der Waals surface area contributed by atoms with Crippen molar-refractivity contribution < 1.29 is 4.42 Å². The fourth-order valence-electron chi connectivity index (χ4n) is 7.34. The average Bonchev–Trinajstić information content (AvgIpc) is 3.74. The highest BCUT2D eigenvalue weighted by atomic mass is 32.1. The molecule has 8 aromatic carbocycles. The quantitative estimate of drug-likeness (QED) is 0.186. The molecule has 0 unspecified atom stereocenters. The Balaban J connectivity index is 1.16. The molecule has 0 N–H and O–H groups in total. The van der Waals surface area contributed by atoms with Gasteiger partial charge in [-0.25, -0.2) is 0 Å². The van der Waals surface area contributed by atoms with Crippen LogP contribution in [0.15, 0.2) is 180 Å². The summed E-state index contributed by atoms with van der Waals surface area (Å²) in [6.45, 7) is 0. The predicted octanol–water partition coefficient (Wildman–Crippen LogP) is 13.9. The minimum atomic E-state index is 0.900. The van der Waals surface area contributed by atoms with E-state index in [0.717, 1.165) is 55.5 Å². The molecular weight excluding hydrogens is 615 g/mol. The second kappa shape index (κ2) is 11.2. The van der Waals surface area contributed by atoms with E-state index in [2.05, 4.69) is 181 Å². The highest BCUT2D eigenvalue weighted by Crippen LogP contribution is 2.44. The maximum atomic E-state index is 6.55. The molecule has 0 radical (unpaired) electrons. The van der Waals surface area contributed by atoms with E-state index in [1.807, 2.05) is 11.3 Å². The van der Waals surface area contributed by atoms with Crippen LogP contribution in [-0.4, -0.2) is 0 Å². The van der Waals surface area contributed by atoms with E-state index in [1.54, 1.807) is 0 Å². The molecule has 3 heteroatoms. The van der Waals surface area contributed by atoms with Crippen LogP contribution in [0.1, 0.15) is 0 Å². The van der Waals surface area contributed by atoms with Gasteiger partial charge in [-0.1, -0.05) is 115 Å². The molecule has 0 amide bonds. The molecule has 0 aliphatic carbocycles. The van der Waals surface area contributed by atoms with Crippen molar-refractivity contribution in [2.45, 2.75) is 0 Å². The van der Waals surface area contributed by atoms with Crippen molar-refractivity contribution in [3.8, 4) is 22.3 Å². The highest BCUT2D eigenvalue weighted by Gasteiger charge is 2.18. The Labute approximate surface area is 287 Å². The second-order valence-corrected chi connectivity index (χ2v) is 13.6. The molecule has 0 bridgehead atoms. The molecule has 2 nitrogen and oxygen atoms in total. The van der Waals surface area contributed by atoms with Crippen molar-refractivity contribution in [2.24, 2.45) is 0 Å².